The highest BCUT2D eigenvalue weighted by Crippen LogP contribution is 2.23. The lowest BCUT2D eigenvalue weighted by atomic mass is 10.0. The number of rotatable bonds is 7. The fourth-order valence-corrected chi connectivity index (χ4v) is 2.98. The van der Waals surface area contributed by atoms with Crippen molar-refractivity contribution in [3.8, 4) is 0 Å². The fourth-order valence-electron chi connectivity index (χ4n) is 1.79. The van der Waals surface area contributed by atoms with Gasteiger partial charge in [-0.1, -0.05) is 37.6 Å². The molecule has 0 bridgehead atoms. The van der Waals surface area contributed by atoms with Gasteiger partial charge < -0.3 is 10.8 Å². The summed E-state index contributed by atoms with van der Waals surface area (Å²) in [5, 5.41) is 10.3. The van der Waals surface area contributed by atoms with E-state index in [1.807, 2.05) is 24.3 Å². The van der Waals surface area contributed by atoms with Crippen LogP contribution in [0.5, 0.6) is 0 Å². The molecule has 1 aromatic carbocycles. The molecule has 2 nitrogen and oxygen atoms in total. The van der Waals surface area contributed by atoms with Crippen molar-refractivity contribution in [1.82, 2.24) is 0 Å². The lowest BCUT2D eigenvalue weighted by Crippen LogP contribution is -2.36. The minimum Gasteiger partial charge on any atom is -0.395 e. The molecule has 0 saturated heterocycles. The number of hydrogen-bond acceptors (Lipinski definition) is 3. The highest BCUT2D eigenvalue weighted by Gasteiger charge is 2.18. The van der Waals surface area contributed by atoms with Crippen molar-refractivity contribution < 1.29 is 5.11 Å². The molecule has 4 heteroatoms. The van der Waals surface area contributed by atoms with Crippen molar-refractivity contribution in [1.29, 1.82) is 0 Å². The van der Waals surface area contributed by atoms with Crippen molar-refractivity contribution in [2.75, 3.05) is 6.61 Å². The van der Waals surface area contributed by atoms with Gasteiger partial charge in [0.25, 0.3) is 0 Å². The molecule has 2 atom stereocenters. The van der Waals surface area contributed by atoms with Crippen molar-refractivity contribution in [3.05, 3.63) is 34.9 Å². The number of halogens is 1. The third-order valence-corrected chi connectivity index (χ3v) is 4.46. The second-order valence-corrected chi connectivity index (χ2v) is 6.62. The topological polar surface area (TPSA) is 46.2 Å². The monoisotopic (exact) mass is 287 g/mol. The van der Waals surface area contributed by atoms with Crippen molar-refractivity contribution in [2.24, 2.45) is 11.7 Å². The molecule has 0 amide bonds. The predicted octanol–water partition coefficient (Wildman–Crippen LogP) is 3.31. The van der Waals surface area contributed by atoms with Crippen LogP contribution in [0.3, 0.4) is 0 Å². The Balaban J connectivity index is 2.46. The van der Waals surface area contributed by atoms with Gasteiger partial charge in [0, 0.05) is 22.1 Å². The van der Waals surface area contributed by atoms with E-state index in [1.54, 1.807) is 11.8 Å². The SMILES string of the molecule is CC(C)CC(N)C(CO)SCc1ccc(Cl)cc1. The van der Waals surface area contributed by atoms with Crippen LogP contribution in [0.1, 0.15) is 25.8 Å². The first kappa shape index (κ1) is 15.8. The lowest BCUT2D eigenvalue weighted by Gasteiger charge is -2.23. The summed E-state index contributed by atoms with van der Waals surface area (Å²) in [6, 6.07) is 7.85. The van der Waals surface area contributed by atoms with E-state index in [9.17, 15) is 5.11 Å². The van der Waals surface area contributed by atoms with Gasteiger partial charge in [-0.3, -0.25) is 0 Å². The van der Waals surface area contributed by atoms with Crippen LogP contribution in [0, 0.1) is 5.92 Å². The maximum Gasteiger partial charge on any atom is 0.0565 e. The number of thioether (sulfide) groups is 1. The third-order valence-electron chi connectivity index (χ3n) is 2.78. The zero-order valence-corrected chi connectivity index (χ0v) is 12.5. The van der Waals surface area contributed by atoms with E-state index in [2.05, 4.69) is 13.8 Å². The first-order valence-electron chi connectivity index (χ1n) is 6.25. The van der Waals surface area contributed by atoms with Gasteiger partial charge in [0.1, 0.15) is 0 Å². The minimum absolute atomic E-state index is 0.0484. The highest BCUT2D eigenvalue weighted by atomic mass is 35.5. The Kier molecular flexibility index (Phi) is 7.08. The average molecular weight is 288 g/mol. The molecular formula is C14H22ClNOS. The summed E-state index contributed by atoms with van der Waals surface area (Å²) in [5.41, 5.74) is 7.32. The molecule has 0 aliphatic heterocycles. The van der Waals surface area contributed by atoms with Crippen LogP contribution >= 0.6 is 23.4 Å². The molecule has 0 spiro atoms. The highest BCUT2D eigenvalue weighted by molar-refractivity contribution is 7.99. The van der Waals surface area contributed by atoms with Gasteiger partial charge in [0.15, 0.2) is 0 Å². The van der Waals surface area contributed by atoms with E-state index in [0.717, 1.165) is 17.2 Å². The Hall–Kier alpha value is -0.220. The lowest BCUT2D eigenvalue weighted by molar-refractivity contribution is 0.275. The number of benzene rings is 1. The number of aliphatic hydroxyl groups is 1. The van der Waals surface area contributed by atoms with Crippen LogP contribution in [0.2, 0.25) is 5.02 Å². The molecule has 1 rings (SSSR count). The van der Waals surface area contributed by atoms with Crippen LogP contribution in [-0.4, -0.2) is 23.0 Å². The molecule has 0 radical (unpaired) electrons. The quantitative estimate of drug-likeness (QED) is 0.809. The van der Waals surface area contributed by atoms with Crippen LogP contribution in [0.4, 0.5) is 0 Å². The van der Waals surface area contributed by atoms with Crippen LogP contribution < -0.4 is 5.73 Å². The molecule has 18 heavy (non-hydrogen) atoms. The Morgan fingerprint density at radius 2 is 1.89 bits per heavy atom. The van der Waals surface area contributed by atoms with Crippen LogP contribution in [0.15, 0.2) is 24.3 Å². The second kappa shape index (κ2) is 8.05. The van der Waals surface area contributed by atoms with Crippen molar-refractivity contribution >= 4 is 23.4 Å². The van der Waals surface area contributed by atoms with Crippen molar-refractivity contribution in [3.63, 3.8) is 0 Å². The molecule has 0 saturated carbocycles. The largest absolute Gasteiger partial charge is 0.395 e. The second-order valence-electron chi connectivity index (χ2n) is 4.95. The molecule has 0 aliphatic carbocycles. The van der Waals surface area contributed by atoms with Crippen LogP contribution in [-0.2, 0) is 5.75 Å². The third kappa shape index (κ3) is 5.61. The number of nitrogens with two attached hydrogens (primary N) is 1. The standard InChI is InChI=1S/C14H22ClNOS/c1-10(2)7-13(16)14(8-17)18-9-11-3-5-12(15)6-4-11/h3-6,10,13-14,17H,7-9,16H2,1-2H3. The molecular weight excluding hydrogens is 266 g/mol. The number of hydrogen-bond donors (Lipinski definition) is 2. The summed E-state index contributed by atoms with van der Waals surface area (Å²) in [5.74, 6) is 1.42. The zero-order chi connectivity index (χ0) is 13.5. The maximum absolute atomic E-state index is 9.41. The summed E-state index contributed by atoms with van der Waals surface area (Å²) in [6.07, 6.45) is 0.943. The molecule has 2 unspecified atom stereocenters. The Labute approximate surface area is 119 Å². The molecule has 0 fully saturated rings. The van der Waals surface area contributed by atoms with E-state index < -0.39 is 0 Å². The molecule has 0 aromatic heterocycles. The Morgan fingerprint density at radius 1 is 1.28 bits per heavy atom. The normalized spacial score (nSPS) is 14.8. The summed E-state index contributed by atoms with van der Waals surface area (Å²) >= 11 is 7.56. The van der Waals surface area contributed by atoms with Crippen LogP contribution in [0.25, 0.3) is 0 Å². The van der Waals surface area contributed by atoms with E-state index in [-0.39, 0.29) is 17.9 Å². The maximum atomic E-state index is 9.41. The van der Waals surface area contributed by atoms with Gasteiger partial charge in [-0.05, 0) is 30.0 Å². The van der Waals surface area contributed by atoms with Gasteiger partial charge >= 0.3 is 0 Å². The molecule has 3 N–H and O–H groups in total. The predicted molar refractivity (Wildman–Crippen MR) is 81.1 cm³/mol. The zero-order valence-electron chi connectivity index (χ0n) is 11.0. The first-order chi connectivity index (χ1) is 8.52. The van der Waals surface area contributed by atoms with Gasteiger partial charge in [0.05, 0.1) is 6.61 Å². The summed E-state index contributed by atoms with van der Waals surface area (Å²) in [7, 11) is 0. The van der Waals surface area contributed by atoms with E-state index in [1.165, 1.54) is 5.56 Å². The molecule has 0 heterocycles. The van der Waals surface area contributed by atoms with Gasteiger partial charge in [-0.2, -0.15) is 0 Å². The van der Waals surface area contributed by atoms with Gasteiger partial charge in [-0.25, -0.2) is 0 Å². The van der Waals surface area contributed by atoms with E-state index in [0.29, 0.717) is 5.92 Å². The summed E-state index contributed by atoms with van der Waals surface area (Å²) in [6.45, 7) is 4.43. The van der Waals surface area contributed by atoms with E-state index >= 15 is 0 Å². The first-order valence-corrected chi connectivity index (χ1v) is 7.68. The smallest absolute Gasteiger partial charge is 0.0565 e. The fraction of sp³-hybridized carbons (Fsp3) is 0.571. The van der Waals surface area contributed by atoms with Gasteiger partial charge in [-0.15, -0.1) is 11.8 Å². The van der Waals surface area contributed by atoms with Gasteiger partial charge in [0.2, 0.25) is 0 Å². The Bertz CT molecular complexity index is 342. The molecule has 1 aromatic rings. The summed E-state index contributed by atoms with van der Waals surface area (Å²) in [4.78, 5) is 0. The Morgan fingerprint density at radius 3 is 2.39 bits per heavy atom. The van der Waals surface area contributed by atoms with E-state index in [4.69, 9.17) is 17.3 Å². The number of aliphatic hydroxyl groups excluding tert-OH is 1. The summed E-state index contributed by atoms with van der Waals surface area (Å²) < 4.78 is 0. The average Bonchev–Trinajstić information content (AvgIpc) is 2.31. The molecule has 0 aliphatic rings. The molecule has 102 valence electrons. The minimum atomic E-state index is 0.0484. The van der Waals surface area contributed by atoms with Crippen molar-refractivity contribution in [2.45, 2.75) is 37.3 Å².